The molecule has 0 aliphatic heterocycles. The lowest BCUT2D eigenvalue weighted by Gasteiger charge is -2.05. The normalized spacial score (nSPS) is 10.9. The molecule has 0 saturated heterocycles. The van der Waals surface area contributed by atoms with Crippen LogP contribution in [0.15, 0.2) is 83.9 Å². The van der Waals surface area contributed by atoms with Crippen LogP contribution >= 0.6 is 0 Å². The third-order valence-corrected chi connectivity index (χ3v) is 4.09. The Balaban J connectivity index is 1.62. The van der Waals surface area contributed by atoms with Gasteiger partial charge in [0.15, 0.2) is 18.9 Å². The monoisotopic (exact) mass is 329 g/mol. The summed E-state index contributed by atoms with van der Waals surface area (Å²) in [4.78, 5) is 12.6. The Morgan fingerprint density at radius 3 is 2.52 bits per heavy atom. The molecular weight excluding hydrogens is 312 g/mol. The zero-order valence-corrected chi connectivity index (χ0v) is 13.6. The lowest BCUT2D eigenvalue weighted by Crippen LogP contribution is -2.34. The van der Waals surface area contributed by atoms with Crippen molar-refractivity contribution in [1.82, 2.24) is 15.0 Å². The zero-order valence-electron chi connectivity index (χ0n) is 13.6. The maximum atomic E-state index is 12.6. The molecular formula is C20H17N4O+. The fraction of sp³-hybridized carbons (Fsp3) is 0.100. The summed E-state index contributed by atoms with van der Waals surface area (Å²) in [5.41, 5.74) is 2.73. The van der Waals surface area contributed by atoms with Gasteiger partial charge in [0.05, 0.1) is 11.9 Å². The Morgan fingerprint density at radius 2 is 1.64 bits per heavy atom. The van der Waals surface area contributed by atoms with E-state index < -0.39 is 0 Å². The van der Waals surface area contributed by atoms with Crippen molar-refractivity contribution in [2.45, 2.75) is 13.1 Å². The predicted molar refractivity (Wildman–Crippen MR) is 95.1 cm³/mol. The molecule has 0 aliphatic rings. The van der Waals surface area contributed by atoms with Crippen LogP contribution in [0.2, 0.25) is 0 Å². The maximum absolute atomic E-state index is 12.6. The van der Waals surface area contributed by atoms with Crippen LogP contribution in [0.3, 0.4) is 0 Å². The van der Waals surface area contributed by atoms with E-state index >= 15 is 0 Å². The fourth-order valence-corrected chi connectivity index (χ4v) is 2.86. The molecule has 0 radical (unpaired) electrons. The van der Waals surface area contributed by atoms with Crippen molar-refractivity contribution in [2.24, 2.45) is 0 Å². The Morgan fingerprint density at radius 1 is 0.880 bits per heavy atom. The number of benzene rings is 2. The number of pyridine rings is 1. The van der Waals surface area contributed by atoms with Gasteiger partial charge in [-0.05, 0) is 18.2 Å². The van der Waals surface area contributed by atoms with Crippen LogP contribution in [0, 0.1) is 0 Å². The number of aromatic nitrogens is 4. The van der Waals surface area contributed by atoms with Gasteiger partial charge in [-0.1, -0.05) is 47.7 Å². The minimum Gasteiger partial charge on any atom is -0.267 e. The number of nitrogens with zero attached hydrogens (tertiary/aromatic N) is 4. The van der Waals surface area contributed by atoms with E-state index in [0.29, 0.717) is 17.4 Å². The molecule has 4 rings (SSSR count). The molecule has 0 spiro atoms. The van der Waals surface area contributed by atoms with Gasteiger partial charge in [-0.3, -0.25) is 4.79 Å². The lowest BCUT2D eigenvalue weighted by molar-refractivity contribution is -0.688. The van der Waals surface area contributed by atoms with Crippen molar-refractivity contribution in [3.63, 3.8) is 0 Å². The first-order valence-corrected chi connectivity index (χ1v) is 8.14. The first-order valence-electron chi connectivity index (χ1n) is 8.14. The number of hydrogen-bond donors (Lipinski definition) is 0. The van der Waals surface area contributed by atoms with Gasteiger partial charge in [-0.2, -0.15) is 0 Å². The average molecular weight is 329 g/mol. The molecule has 0 atom stereocenters. The quantitative estimate of drug-likeness (QED) is 0.539. The van der Waals surface area contributed by atoms with E-state index in [1.165, 1.54) is 10.2 Å². The Labute approximate surface area is 144 Å². The smallest absolute Gasteiger partial charge is 0.267 e. The van der Waals surface area contributed by atoms with Crippen LogP contribution in [-0.4, -0.2) is 15.0 Å². The van der Waals surface area contributed by atoms with Crippen LogP contribution in [0.1, 0.15) is 11.1 Å². The van der Waals surface area contributed by atoms with Crippen molar-refractivity contribution in [3.05, 3.63) is 101 Å². The zero-order chi connectivity index (χ0) is 17.1. The summed E-state index contributed by atoms with van der Waals surface area (Å²) >= 11 is 0. The Bertz CT molecular complexity index is 1070. The summed E-state index contributed by atoms with van der Waals surface area (Å²) in [6.07, 6.45) is 4.06. The number of rotatable bonds is 4. The van der Waals surface area contributed by atoms with E-state index in [0.717, 1.165) is 12.1 Å². The summed E-state index contributed by atoms with van der Waals surface area (Å²) in [7, 11) is 0. The Hall–Kier alpha value is -3.34. The molecule has 5 heteroatoms. The Kier molecular flexibility index (Phi) is 4.04. The second kappa shape index (κ2) is 6.65. The van der Waals surface area contributed by atoms with Gasteiger partial charge in [-0.25, -0.2) is 9.25 Å². The second-order valence-corrected chi connectivity index (χ2v) is 5.94. The van der Waals surface area contributed by atoms with Crippen LogP contribution in [0.25, 0.3) is 10.9 Å². The lowest BCUT2D eigenvalue weighted by atomic mass is 10.2. The first-order chi connectivity index (χ1) is 12.3. The average Bonchev–Trinajstić information content (AvgIpc) is 2.65. The van der Waals surface area contributed by atoms with Gasteiger partial charge in [0.25, 0.3) is 5.56 Å². The summed E-state index contributed by atoms with van der Waals surface area (Å²) in [5, 5.41) is 8.78. The van der Waals surface area contributed by atoms with E-state index in [-0.39, 0.29) is 5.56 Å². The van der Waals surface area contributed by atoms with E-state index in [1.807, 2.05) is 54.9 Å². The molecule has 25 heavy (non-hydrogen) atoms. The molecule has 0 N–H and O–H groups in total. The number of hydrogen-bond acceptors (Lipinski definition) is 3. The van der Waals surface area contributed by atoms with Crippen molar-refractivity contribution in [3.8, 4) is 0 Å². The van der Waals surface area contributed by atoms with Gasteiger partial charge in [0, 0.05) is 17.2 Å². The molecule has 4 aromatic rings. The minimum absolute atomic E-state index is 0.121. The molecule has 0 amide bonds. The topological polar surface area (TPSA) is 51.7 Å². The predicted octanol–water partition coefficient (Wildman–Crippen LogP) is 2.18. The molecule has 5 nitrogen and oxygen atoms in total. The molecule has 2 aromatic heterocycles. The molecule has 2 aromatic carbocycles. The van der Waals surface area contributed by atoms with Crippen molar-refractivity contribution in [2.75, 3.05) is 0 Å². The summed E-state index contributed by atoms with van der Waals surface area (Å²) in [6.45, 7) is 1.18. The van der Waals surface area contributed by atoms with Crippen molar-refractivity contribution >= 4 is 10.9 Å². The van der Waals surface area contributed by atoms with E-state index in [1.54, 1.807) is 12.1 Å². The summed E-state index contributed by atoms with van der Waals surface area (Å²) < 4.78 is 3.51. The highest BCUT2D eigenvalue weighted by Gasteiger charge is 2.09. The largest absolute Gasteiger partial charge is 0.277 e. The van der Waals surface area contributed by atoms with Crippen molar-refractivity contribution < 1.29 is 4.57 Å². The van der Waals surface area contributed by atoms with Crippen LogP contribution in [-0.2, 0) is 13.1 Å². The third-order valence-electron chi connectivity index (χ3n) is 4.09. The van der Waals surface area contributed by atoms with Crippen LogP contribution in [0.5, 0.6) is 0 Å². The maximum Gasteiger partial charge on any atom is 0.277 e. The first kappa shape index (κ1) is 15.2. The molecule has 0 fully saturated rings. The molecule has 0 bridgehead atoms. The van der Waals surface area contributed by atoms with Gasteiger partial charge >= 0.3 is 0 Å². The number of fused-ring (bicyclic) bond motifs is 1. The van der Waals surface area contributed by atoms with Crippen molar-refractivity contribution in [1.29, 1.82) is 0 Å². The van der Waals surface area contributed by atoms with Gasteiger partial charge < -0.3 is 0 Å². The van der Waals surface area contributed by atoms with E-state index in [2.05, 4.69) is 27.0 Å². The van der Waals surface area contributed by atoms with Gasteiger partial charge in [-0.15, -0.1) is 5.10 Å². The fourth-order valence-electron chi connectivity index (χ4n) is 2.86. The second-order valence-electron chi connectivity index (χ2n) is 5.94. The van der Waals surface area contributed by atoms with Crippen LogP contribution in [0.4, 0.5) is 0 Å². The molecule has 0 aliphatic carbocycles. The summed E-state index contributed by atoms with van der Waals surface area (Å²) in [5.74, 6) is 0. The molecule has 0 saturated carbocycles. The SMILES string of the molecule is O=c1c2ccccc2nnn1Cc1ccc[n+](Cc2ccccc2)c1. The third kappa shape index (κ3) is 3.30. The standard InChI is InChI=1S/C20H17N4O/c25-20-18-10-4-5-11-19(18)21-22-24(20)15-17-9-6-12-23(14-17)13-16-7-2-1-3-8-16/h1-12,14H,13,15H2/q+1. The van der Waals surface area contributed by atoms with Gasteiger partial charge in [0.2, 0.25) is 0 Å². The molecule has 2 heterocycles. The molecule has 0 unspecified atom stereocenters. The summed E-state index contributed by atoms with van der Waals surface area (Å²) in [6, 6.07) is 21.5. The van der Waals surface area contributed by atoms with Gasteiger partial charge in [0.1, 0.15) is 5.52 Å². The minimum atomic E-state index is -0.121. The van der Waals surface area contributed by atoms with Crippen LogP contribution < -0.4 is 10.1 Å². The highest BCUT2D eigenvalue weighted by Crippen LogP contribution is 2.05. The van der Waals surface area contributed by atoms with E-state index in [4.69, 9.17) is 0 Å². The highest BCUT2D eigenvalue weighted by molar-refractivity contribution is 5.76. The van der Waals surface area contributed by atoms with E-state index in [9.17, 15) is 4.79 Å². The molecule has 122 valence electrons. The highest BCUT2D eigenvalue weighted by atomic mass is 16.1.